The molecule has 0 aliphatic rings. The van der Waals surface area contributed by atoms with Crippen LogP contribution in [0.1, 0.15) is 35.0 Å². The summed E-state index contributed by atoms with van der Waals surface area (Å²) in [6.07, 6.45) is 0. The number of aromatic amines is 1. The highest BCUT2D eigenvalue weighted by atomic mass is 19.1. The average Bonchev–Trinajstić information content (AvgIpc) is 3.34. The Morgan fingerprint density at radius 3 is 2.72 bits per heavy atom. The number of imidazole rings is 1. The summed E-state index contributed by atoms with van der Waals surface area (Å²) in [5.41, 5.74) is 1.68. The lowest BCUT2D eigenvalue weighted by molar-refractivity contribution is 0.0929. The number of nitrogens with zero attached hydrogens (tertiary/aromatic N) is 2. The topological polar surface area (TPSA) is 93.0 Å². The van der Waals surface area contributed by atoms with Crippen molar-refractivity contribution in [3.05, 3.63) is 77.4 Å². The van der Waals surface area contributed by atoms with Crippen molar-refractivity contribution < 1.29 is 22.8 Å². The van der Waals surface area contributed by atoms with Crippen molar-refractivity contribution in [3.8, 4) is 5.75 Å². The Morgan fingerprint density at radius 1 is 1.21 bits per heavy atom. The van der Waals surface area contributed by atoms with E-state index in [-0.39, 0.29) is 18.1 Å². The predicted octanol–water partition coefficient (Wildman–Crippen LogP) is 3.90. The summed E-state index contributed by atoms with van der Waals surface area (Å²) in [6.45, 7) is 1.50. The lowest BCUT2D eigenvalue weighted by Crippen LogP contribution is -2.27. The molecule has 0 aliphatic carbocycles. The van der Waals surface area contributed by atoms with Gasteiger partial charge in [0, 0.05) is 6.07 Å². The smallest absolute Gasteiger partial charge is 0.274 e. The van der Waals surface area contributed by atoms with Crippen LogP contribution < -0.4 is 10.1 Å². The molecular weight excluding hydrogens is 382 g/mol. The third-order valence-corrected chi connectivity index (χ3v) is 4.23. The second-order valence-corrected chi connectivity index (χ2v) is 6.35. The monoisotopic (exact) mass is 398 g/mol. The third-order valence-electron chi connectivity index (χ3n) is 4.23. The van der Waals surface area contributed by atoms with E-state index in [0.717, 1.165) is 23.2 Å². The molecule has 2 N–H and O–H groups in total. The number of para-hydroxylation sites is 3. The first kappa shape index (κ1) is 18.6. The zero-order valence-electron chi connectivity index (χ0n) is 15.3. The summed E-state index contributed by atoms with van der Waals surface area (Å²) >= 11 is 0. The minimum Gasteiger partial charge on any atom is -0.479 e. The Morgan fingerprint density at radius 2 is 1.97 bits per heavy atom. The maximum atomic E-state index is 13.6. The second-order valence-electron chi connectivity index (χ2n) is 6.35. The average molecular weight is 398 g/mol. The molecule has 1 atom stereocenters. The lowest BCUT2D eigenvalue weighted by Gasteiger charge is -2.09. The van der Waals surface area contributed by atoms with E-state index in [0.29, 0.717) is 5.82 Å². The molecule has 1 amide bonds. The summed E-state index contributed by atoms with van der Waals surface area (Å²) in [5.74, 6) is -1.92. The van der Waals surface area contributed by atoms with Crippen molar-refractivity contribution in [2.45, 2.75) is 19.6 Å². The van der Waals surface area contributed by atoms with Crippen molar-refractivity contribution in [2.24, 2.45) is 0 Å². The van der Waals surface area contributed by atoms with Gasteiger partial charge < -0.3 is 19.6 Å². The Hall–Kier alpha value is -3.75. The molecule has 2 aromatic carbocycles. The van der Waals surface area contributed by atoms with Crippen molar-refractivity contribution in [3.63, 3.8) is 0 Å². The van der Waals surface area contributed by atoms with E-state index in [4.69, 9.17) is 9.26 Å². The molecule has 0 radical (unpaired) electrons. The van der Waals surface area contributed by atoms with E-state index in [1.807, 2.05) is 24.3 Å². The Kier molecular flexibility index (Phi) is 4.94. The molecule has 9 heteroatoms. The minimum atomic E-state index is -0.831. The van der Waals surface area contributed by atoms with E-state index in [2.05, 4.69) is 20.4 Å². The molecule has 0 spiro atoms. The van der Waals surface area contributed by atoms with Gasteiger partial charge in [0.05, 0.1) is 17.1 Å². The van der Waals surface area contributed by atoms with Gasteiger partial charge in [-0.1, -0.05) is 23.4 Å². The Bertz CT molecular complexity index is 1120. The number of aromatic nitrogens is 3. The molecule has 29 heavy (non-hydrogen) atoms. The van der Waals surface area contributed by atoms with Crippen LogP contribution in [0.5, 0.6) is 5.75 Å². The number of hydrogen-bond acceptors (Lipinski definition) is 5. The summed E-state index contributed by atoms with van der Waals surface area (Å²) in [6, 6.07) is 11.9. The maximum Gasteiger partial charge on any atom is 0.274 e. The number of amides is 1. The zero-order valence-corrected chi connectivity index (χ0v) is 15.3. The zero-order chi connectivity index (χ0) is 20.4. The molecule has 2 heterocycles. The van der Waals surface area contributed by atoms with Crippen LogP contribution in [0.3, 0.4) is 0 Å². The van der Waals surface area contributed by atoms with Crippen molar-refractivity contribution in [1.82, 2.24) is 20.4 Å². The number of ether oxygens (including phenoxy) is 1. The number of fused-ring (bicyclic) bond motifs is 1. The molecular formula is C20H16F2N4O3. The van der Waals surface area contributed by atoms with Crippen molar-refractivity contribution in [2.75, 3.05) is 0 Å². The molecule has 2 aromatic heterocycles. The highest BCUT2D eigenvalue weighted by molar-refractivity contribution is 5.92. The SMILES string of the molecule is C[C@@H](NC(=O)c1cc(COc2c(F)cccc2F)on1)c1nc2ccccc2[nH]1. The number of hydrogen-bond donors (Lipinski definition) is 2. The number of halogens is 2. The fourth-order valence-electron chi connectivity index (χ4n) is 2.77. The van der Waals surface area contributed by atoms with Gasteiger partial charge in [-0.3, -0.25) is 4.79 Å². The van der Waals surface area contributed by atoms with Crippen LogP contribution in [0.4, 0.5) is 8.78 Å². The first-order valence-corrected chi connectivity index (χ1v) is 8.79. The van der Waals surface area contributed by atoms with E-state index >= 15 is 0 Å². The number of benzene rings is 2. The van der Waals surface area contributed by atoms with Crippen molar-refractivity contribution >= 4 is 16.9 Å². The summed E-state index contributed by atoms with van der Waals surface area (Å²) in [4.78, 5) is 20.0. The van der Waals surface area contributed by atoms with E-state index in [1.165, 1.54) is 12.1 Å². The van der Waals surface area contributed by atoms with Crippen LogP contribution in [0.2, 0.25) is 0 Å². The molecule has 4 aromatic rings. The fraction of sp³-hybridized carbons (Fsp3) is 0.150. The first-order valence-electron chi connectivity index (χ1n) is 8.79. The minimum absolute atomic E-state index is 0.0144. The highest BCUT2D eigenvalue weighted by Gasteiger charge is 2.19. The molecule has 4 rings (SSSR count). The van der Waals surface area contributed by atoms with E-state index in [1.54, 1.807) is 6.92 Å². The molecule has 0 aliphatic heterocycles. The number of carbonyl (C=O) groups is 1. The normalized spacial score (nSPS) is 12.1. The number of H-pyrrole nitrogens is 1. The molecule has 0 saturated carbocycles. The Labute approximate surface area is 163 Å². The standard InChI is InChI=1S/C20H16F2N4O3/c1-11(19-24-15-7-2-3-8-16(15)25-19)23-20(27)17-9-12(29-26-17)10-28-18-13(21)5-4-6-14(18)22/h2-9,11H,10H2,1H3,(H,23,27)(H,24,25)/t11-/m1/s1. The lowest BCUT2D eigenvalue weighted by atomic mass is 10.3. The molecule has 0 fully saturated rings. The van der Waals surface area contributed by atoms with Gasteiger partial charge in [0.1, 0.15) is 12.4 Å². The quantitative estimate of drug-likeness (QED) is 0.514. The van der Waals surface area contributed by atoms with Crippen LogP contribution >= 0.6 is 0 Å². The van der Waals surface area contributed by atoms with Gasteiger partial charge in [0.15, 0.2) is 28.8 Å². The van der Waals surface area contributed by atoms with Crippen LogP contribution in [0.15, 0.2) is 53.1 Å². The molecule has 7 nitrogen and oxygen atoms in total. The predicted molar refractivity (Wildman–Crippen MR) is 99.2 cm³/mol. The van der Waals surface area contributed by atoms with E-state index in [9.17, 15) is 13.6 Å². The van der Waals surface area contributed by atoms with Crippen LogP contribution in [0, 0.1) is 11.6 Å². The summed E-state index contributed by atoms with van der Waals surface area (Å²) in [5, 5.41) is 6.44. The second kappa shape index (κ2) is 7.70. The van der Waals surface area contributed by atoms with Gasteiger partial charge >= 0.3 is 0 Å². The summed E-state index contributed by atoms with van der Waals surface area (Å²) < 4.78 is 37.3. The van der Waals surface area contributed by atoms with Gasteiger partial charge in [-0.2, -0.15) is 0 Å². The molecule has 148 valence electrons. The van der Waals surface area contributed by atoms with Crippen molar-refractivity contribution in [1.29, 1.82) is 0 Å². The molecule has 0 saturated heterocycles. The highest BCUT2D eigenvalue weighted by Crippen LogP contribution is 2.22. The van der Waals surface area contributed by atoms with Gasteiger partial charge in [-0.05, 0) is 31.2 Å². The largest absolute Gasteiger partial charge is 0.479 e. The van der Waals surface area contributed by atoms with Crippen LogP contribution in [0.25, 0.3) is 11.0 Å². The maximum absolute atomic E-state index is 13.6. The third kappa shape index (κ3) is 3.93. The number of nitrogens with one attached hydrogen (secondary N) is 2. The van der Waals surface area contributed by atoms with Gasteiger partial charge in [-0.15, -0.1) is 0 Å². The van der Waals surface area contributed by atoms with E-state index < -0.39 is 29.3 Å². The number of carbonyl (C=O) groups excluding carboxylic acids is 1. The van der Waals surface area contributed by atoms with Gasteiger partial charge in [0.2, 0.25) is 0 Å². The van der Waals surface area contributed by atoms with Crippen LogP contribution in [-0.2, 0) is 6.61 Å². The van der Waals surface area contributed by atoms with Gasteiger partial charge in [0.25, 0.3) is 5.91 Å². The molecule has 0 bridgehead atoms. The Balaban J connectivity index is 1.40. The fourth-order valence-corrected chi connectivity index (χ4v) is 2.77. The van der Waals surface area contributed by atoms with Gasteiger partial charge in [-0.25, -0.2) is 13.8 Å². The summed E-state index contributed by atoms with van der Waals surface area (Å²) in [7, 11) is 0. The number of rotatable bonds is 6. The first-order chi connectivity index (χ1) is 14.0. The molecule has 0 unspecified atom stereocenters. The van der Waals surface area contributed by atoms with Crippen LogP contribution in [-0.4, -0.2) is 21.0 Å².